The van der Waals surface area contributed by atoms with E-state index in [4.69, 9.17) is 4.74 Å². The molecule has 0 fully saturated rings. The van der Waals surface area contributed by atoms with Gasteiger partial charge >= 0.3 is 0 Å². The summed E-state index contributed by atoms with van der Waals surface area (Å²) in [6, 6.07) is 0.590. The minimum atomic E-state index is -0.0148. The van der Waals surface area contributed by atoms with E-state index in [1.54, 1.807) is 0 Å². The molecule has 0 rings (SSSR count). The maximum absolute atomic E-state index is 11.2. The summed E-state index contributed by atoms with van der Waals surface area (Å²) in [7, 11) is 2.12. The van der Waals surface area contributed by atoms with Crippen LogP contribution >= 0.6 is 0 Å². The Balaban J connectivity index is 3.30. The first-order chi connectivity index (χ1) is 7.57. The van der Waals surface area contributed by atoms with Gasteiger partial charge in [0.2, 0.25) is 5.91 Å². The smallest absolute Gasteiger partial charge is 0.245 e. The summed E-state index contributed by atoms with van der Waals surface area (Å²) in [6.07, 6.45) is 2.14. The zero-order chi connectivity index (χ0) is 12.4. The number of nitrogens with zero attached hydrogens (tertiary/aromatic N) is 1. The number of carbonyl (C=O) groups excluding carboxylic acids is 1. The van der Waals surface area contributed by atoms with Crippen molar-refractivity contribution in [2.24, 2.45) is 0 Å². The van der Waals surface area contributed by atoms with E-state index in [0.29, 0.717) is 12.6 Å². The average molecular weight is 230 g/mol. The third-order valence-electron chi connectivity index (χ3n) is 2.58. The first kappa shape index (κ1) is 15.4. The first-order valence-corrected chi connectivity index (χ1v) is 6.12. The average Bonchev–Trinajstić information content (AvgIpc) is 2.25. The number of unbranched alkanes of at least 4 members (excludes halogenated alkanes) is 1. The highest BCUT2D eigenvalue weighted by atomic mass is 16.5. The van der Waals surface area contributed by atoms with Crippen molar-refractivity contribution in [3.8, 4) is 0 Å². The van der Waals surface area contributed by atoms with E-state index < -0.39 is 0 Å². The molecule has 0 aromatic carbocycles. The molecule has 0 aliphatic carbocycles. The first-order valence-electron chi connectivity index (χ1n) is 6.12. The molecule has 0 radical (unpaired) electrons. The Morgan fingerprint density at radius 1 is 1.38 bits per heavy atom. The third-order valence-corrected chi connectivity index (χ3v) is 2.58. The van der Waals surface area contributed by atoms with Gasteiger partial charge in [-0.25, -0.2) is 0 Å². The van der Waals surface area contributed by atoms with Gasteiger partial charge in [-0.15, -0.1) is 0 Å². The van der Waals surface area contributed by atoms with Crippen LogP contribution in [-0.2, 0) is 9.53 Å². The minimum absolute atomic E-state index is 0.0148. The van der Waals surface area contributed by atoms with Gasteiger partial charge in [0.15, 0.2) is 0 Å². The molecule has 0 aromatic rings. The number of hydrogen-bond acceptors (Lipinski definition) is 3. The van der Waals surface area contributed by atoms with E-state index in [2.05, 4.69) is 31.1 Å². The highest BCUT2D eigenvalue weighted by Gasteiger charge is 2.02. The molecule has 0 saturated heterocycles. The summed E-state index contributed by atoms with van der Waals surface area (Å²) < 4.78 is 5.00. The molecule has 96 valence electrons. The van der Waals surface area contributed by atoms with Crippen LogP contribution in [0.5, 0.6) is 0 Å². The highest BCUT2D eigenvalue weighted by Crippen LogP contribution is 1.97. The van der Waals surface area contributed by atoms with E-state index in [1.165, 1.54) is 0 Å². The molecule has 0 aromatic heterocycles. The maximum Gasteiger partial charge on any atom is 0.245 e. The van der Waals surface area contributed by atoms with Crippen LogP contribution in [0.4, 0.5) is 0 Å². The molecule has 4 heteroatoms. The minimum Gasteiger partial charge on any atom is -0.372 e. The molecule has 0 heterocycles. The van der Waals surface area contributed by atoms with Gasteiger partial charge in [0.05, 0.1) is 0 Å². The monoisotopic (exact) mass is 230 g/mol. The molecule has 1 N–H and O–H groups in total. The summed E-state index contributed by atoms with van der Waals surface area (Å²) >= 11 is 0. The fraction of sp³-hybridized carbons (Fsp3) is 0.917. The zero-order valence-electron chi connectivity index (χ0n) is 11.1. The van der Waals surface area contributed by atoms with Crippen molar-refractivity contribution in [3.05, 3.63) is 0 Å². The van der Waals surface area contributed by atoms with Gasteiger partial charge < -0.3 is 15.0 Å². The lowest BCUT2D eigenvalue weighted by Crippen LogP contribution is -2.30. The standard InChI is InChI=1S/C12H26N2O2/c1-5-16-10-12(15)13-8-6-7-9-14(4)11(2)3/h11H,5-10H2,1-4H3,(H,13,15). The lowest BCUT2D eigenvalue weighted by Gasteiger charge is -2.20. The van der Waals surface area contributed by atoms with E-state index in [9.17, 15) is 4.79 Å². The lowest BCUT2D eigenvalue weighted by atomic mass is 10.2. The normalized spacial score (nSPS) is 11.1. The van der Waals surface area contributed by atoms with E-state index in [-0.39, 0.29) is 12.5 Å². The number of rotatable bonds is 9. The Kier molecular flexibility index (Phi) is 9.24. The van der Waals surface area contributed by atoms with Gasteiger partial charge in [-0.3, -0.25) is 4.79 Å². The summed E-state index contributed by atoms with van der Waals surface area (Å²) in [4.78, 5) is 13.5. The number of carbonyl (C=O) groups is 1. The van der Waals surface area contributed by atoms with Crippen LogP contribution in [0.15, 0.2) is 0 Å². The van der Waals surface area contributed by atoms with E-state index >= 15 is 0 Å². The summed E-state index contributed by atoms with van der Waals surface area (Å²) in [6.45, 7) is 8.86. The summed E-state index contributed by atoms with van der Waals surface area (Å²) in [5.41, 5.74) is 0. The quantitative estimate of drug-likeness (QED) is 0.606. The van der Waals surface area contributed by atoms with Crippen LogP contribution in [0.1, 0.15) is 33.6 Å². The number of hydrogen-bond donors (Lipinski definition) is 1. The van der Waals surface area contributed by atoms with Crippen LogP contribution < -0.4 is 5.32 Å². The number of amides is 1. The molecule has 0 aliphatic rings. The van der Waals surface area contributed by atoms with E-state index in [0.717, 1.165) is 25.9 Å². The van der Waals surface area contributed by atoms with Crippen molar-refractivity contribution < 1.29 is 9.53 Å². The summed E-state index contributed by atoms with van der Waals surface area (Å²) in [5, 5.41) is 2.84. The molecule has 0 spiro atoms. The van der Waals surface area contributed by atoms with Crippen LogP contribution in [0, 0.1) is 0 Å². The zero-order valence-corrected chi connectivity index (χ0v) is 11.1. The van der Waals surface area contributed by atoms with Crippen LogP contribution in [0.2, 0.25) is 0 Å². The fourth-order valence-electron chi connectivity index (χ4n) is 1.22. The molecular formula is C12H26N2O2. The Morgan fingerprint density at radius 2 is 2.06 bits per heavy atom. The van der Waals surface area contributed by atoms with Gasteiger partial charge in [0.1, 0.15) is 6.61 Å². The second-order valence-corrected chi connectivity index (χ2v) is 4.27. The molecule has 4 nitrogen and oxygen atoms in total. The van der Waals surface area contributed by atoms with E-state index in [1.807, 2.05) is 6.92 Å². The second-order valence-electron chi connectivity index (χ2n) is 4.27. The van der Waals surface area contributed by atoms with Crippen molar-refractivity contribution >= 4 is 5.91 Å². The van der Waals surface area contributed by atoms with Crippen molar-refractivity contribution in [1.82, 2.24) is 10.2 Å². The fourth-order valence-corrected chi connectivity index (χ4v) is 1.22. The van der Waals surface area contributed by atoms with Crippen molar-refractivity contribution in [1.29, 1.82) is 0 Å². The number of ether oxygens (including phenoxy) is 1. The Morgan fingerprint density at radius 3 is 2.62 bits per heavy atom. The predicted molar refractivity (Wildman–Crippen MR) is 66.5 cm³/mol. The Bertz CT molecular complexity index is 184. The molecule has 0 bridgehead atoms. The lowest BCUT2D eigenvalue weighted by molar-refractivity contribution is -0.125. The largest absolute Gasteiger partial charge is 0.372 e. The second kappa shape index (κ2) is 9.60. The Labute approximate surface area is 99.3 Å². The molecule has 0 atom stereocenters. The van der Waals surface area contributed by atoms with Gasteiger partial charge in [-0.2, -0.15) is 0 Å². The predicted octanol–water partition coefficient (Wildman–Crippen LogP) is 1.26. The SMILES string of the molecule is CCOCC(=O)NCCCCN(C)C(C)C. The number of nitrogens with one attached hydrogen (secondary N) is 1. The van der Waals surface area contributed by atoms with Gasteiger partial charge in [0, 0.05) is 19.2 Å². The highest BCUT2D eigenvalue weighted by molar-refractivity contribution is 5.77. The molecule has 1 amide bonds. The topological polar surface area (TPSA) is 41.6 Å². The Hall–Kier alpha value is -0.610. The van der Waals surface area contributed by atoms with Crippen molar-refractivity contribution in [3.63, 3.8) is 0 Å². The van der Waals surface area contributed by atoms with Crippen molar-refractivity contribution in [2.45, 2.75) is 39.7 Å². The summed E-state index contributed by atoms with van der Waals surface area (Å²) in [5.74, 6) is -0.0148. The molecule has 16 heavy (non-hydrogen) atoms. The molecule has 0 aliphatic heterocycles. The van der Waals surface area contributed by atoms with Gasteiger partial charge in [-0.1, -0.05) is 0 Å². The van der Waals surface area contributed by atoms with Crippen LogP contribution in [-0.4, -0.2) is 50.2 Å². The van der Waals surface area contributed by atoms with Gasteiger partial charge in [-0.05, 0) is 47.2 Å². The van der Waals surface area contributed by atoms with Crippen molar-refractivity contribution in [2.75, 3.05) is 33.4 Å². The molecular weight excluding hydrogens is 204 g/mol. The maximum atomic E-state index is 11.2. The van der Waals surface area contributed by atoms with Gasteiger partial charge in [0.25, 0.3) is 0 Å². The van der Waals surface area contributed by atoms with Crippen LogP contribution in [0.25, 0.3) is 0 Å². The molecule has 0 saturated carbocycles. The molecule has 0 unspecified atom stereocenters. The third kappa shape index (κ3) is 8.68. The van der Waals surface area contributed by atoms with Crippen LogP contribution in [0.3, 0.4) is 0 Å².